The number of carbonyl (C=O) groups is 2. The van der Waals surface area contributed by atoms with E-state index in [2.05, 4.69) is 5.32 Å². The van der Waals surface area contributed by atoms with E-state index in [4.69, 9.17) is 5.73 Å². The van der Waals surface area contributed by atoms with Gasteiger partial charge in [-0.1, -0.05) is 0 Å². The lowest BCUT2D eigenvalue weighted by Crippen LogP contribution is -2.50. The summed E-state index contributed by atoms with van der Waals surface area (Å²) in [7, 11) is 0. The highest BCUT2D eigenvalue weighted by atomic mass is 19.4. The summed E-state index contributed by atoms with van der Waals surface area (Å²) in [6.07, 6.45) is -6.73. The third-order valence-electron chi connectivity index (χ3n) is 4.31. The van der Waals surface area contributed by atoms with E-state index in [9.17, 15) is 35.9 Å². The molecular formula is C17H19F6N3O2. The summed E-state index contributed by atoms with van der Waals surface area (Å²) in [4.78, 5) is 25.2. The molecule has 28 heavy (non-hydrogen) atoms. The van der Waals surface area contributed by atoms with Crippen molar-refractivity contribution in [1.29, 1.82) is 0 Å². The molecule has 2 atom stereocenters. The molecule has 1 aliphatic rings. The first kappa shape index (κ1) is 22.0. The van der Waals surface area contributed by atoms with E-state index >= 15 is 0 Å². The normalized spacial score (nSPS) is 19.2. The molecule has 1 aromatic carbocycles. The average Bonchev–Trinajstić information content (AvgIpc) is 2.73. The highest BCUT2D eigenvalue weighted by Gasteiger charge is 2.41. The van der Waals surface area contributed by atoms with Crippen molar-refractivity contribution in [3.05, 3.63) is 35.1 Å². The van der Waals surface area contributed by atoms with Crippen molar-refractivity contribution < 1.29 is 35.9 Å². The fourth-order valence-electron chi connectivity index (χ4n) is 3.01. The Morgan fingerprint density at radius 1 is 1.21 bits per heavy atom. The zero-order valence-corrected chi connectivity index (χ0v) is 14.7. The molecule has 3 N–H and O–H groups in total. The number of carbonyl (C=O) groups excluding carboxylic acids is 2. The van der Waals surface area contributed by atoms with Crippen molar-refractivity contribution in [2.45, 2.75) is 43.9 Å². The SMILES string of the molecule is NC(CC(=O)N1CCCNC(=O)C1CC(F)(F)F)Cc1cc(F)c(F)cc1F. The second kappa shape index (κ2) is 8.80. The Bertz CT molecular complexity index is 740. The molecule has 1 fully saturated rings. The number of hydrogen-bond acceptors (Lipinski definition) is 3. The fourth-order valence-corrected chi connectivity index (χ4v) is 3.01. The zero-order chi connectivity index (χ0) is 21.1. The summed E-state index contributed by atoms with van der Waals surface area (Å²) in [5, 5.41) is 2.32. The van der Waals surface area contributed by atoms with Crippen molar-refractivity contribution in [3.8, 4) is 0 Å². The molecule has 5 nitrogen and oxygen atoms in total. The van der Waals surface area contributed by atoms with Crippen molar-refractivity contribution in [1.82, 2.24) is 10.2 Å². The van der Waals surface area contributed by atoms with Gasteiger partial charge in [0, 0.05) is 31.6 Å². The maximum absolute atomic E-state index is 13.7. The van der Waals surface area contributed by atoms with Crippen molar-refractivity contribution in [3.63, 3.8) is 0 Å². The van der Waals surface area contributed by atoms with E-state index in [1.807, 2.05) is 0 Å². The molecule has 11 heteroatoms. The number of nitrogens with two attached hydrogens (primary N) is 1. The molecule has 1 heterocycles. The smallest absolute Gasteiger partial charge is 0.354 e. The van der Waals surface area contributed by atoms with Crippen LogP contribution >= 0.6 is 0 Å². The van der Waals surface area contributed by atoms with Gasteiger partial charge in [-0.25, -0.2) is 13.2 Å². The van der Waals surface area contributed by atoms with Gasteiger partial charge in [0.2, 0.25) is 11.8 Å². The molecule has 1 aliphatic heterocycles. The number of amides is 2. The first-order valence-electron chi connectivity index (χ1n) is 8.51. The molecule has 0 saturated carbocycles. The van der Waals surface area contributed by atoms with Crippen LogP contribution in [0.15, 0.2) is 12.1 Å². The number of halogens is 6. The molecule has 0 bridgehead atoms. The van der Waals surface area contributed by atoms with Crippen LogP contribution in [0.3, 0.4) is 0 Å². The maximum Gasteiger partial charge on any atom is 0.391 e. The van der Waals surface area contributed by atoms with Gasteiger partial charge in [-0.15, -0.1) is 0 Å². The summed E-state index contributed by atoms with van der Waals surface area (Å²) < 4.78 is 78.3. The molecule has 0 aromatic heterocycles. The minimum absolute atomic E-state index is 0.0788. The molecule has 2 rings (SSSR count). The molecule has 2 amide bonds. The van der Waals surface area contributed by atoms with Gasteiger partial charge in [0.15, 0.2) is 11.6 Å². The summed E-state index contributed by atoms with van der Waals surface area (Å²) in [5.41, 5.74) is 5.50. The van der Waals surface area contributed by atoms with Crippen molar-refractivity contribution >= 4 is 11.8 Å². The van der Waals surface area contributed by atoms with Crippen LogP contribution < -0.4 is 11.1 Å². The summed E-state index contributed by atoms with van der Waals surface area (Å²) >= 11 is 0. The lowest BCUT2D eigenvalue weighted by molar-refractivity contribution is -0.161. The van der Waals surface area contributed by atoms with E-state index in [-0.39, 0.29) is 31.5 Å². The number of nitrogens with zero attached hydrogens (tertiary/aromatic N) is 1. The molecule has 156 valence electrons. The van der Waals surface area contributed by atoms with E-state index < -0.39 is 60.4 Å². The van der Waals surface area contributed by atoms with Crippen molar-refractivity contribution in [2.75, 3.05) is 13.1 Å². The van der Waals surface area contributed by atoms with Gasteiger partial charge in [0.1, 0.15) is 11.9 Å². The van der Waals surface area contributed by atoms with Gasteiger partial charge in [-0.05, 0) is 24.5 Å². The van der Waals surface area contributed by atoms with Gasteiger partial charge in [0.25, 0.3) is 0 Å². The van der Waals surface area contributed by atoms with E-state index in [0.29, 0.717) is 12.1 Å². The standard InChI is InChI=1S/C17H19F6N3O2/c18-11-7-13(20)12(19)5-9(11)4-10(24)6-15(27)26-3-1-2-25-16(28)14(26)8-17(21,22)23/h5,7,10,14H,1-4,6,8,24H2,(H,25,28). The van der Waals surface area contributed by atoms with Crippen LogP contribution in [0.5, 0.6) is 0 Å². The van der Waals surface area contributed by atoms with Gasteiger partial charge in [-0.3, -0.25) is 9.59 Å². The number of hydrogen-bond donors (Lipinski definition) is 2. The monoisotopic (exact) mass is 411 g/mol. The number of nitrogens with one attached hydrogen (secondary N) is 1. The van der Waals surface area contributed by atoms with E-state index in [0.717, 1.165) is 4.90 Å². The second-order valence-corrected chi connectivity index (χ2v) is 6.59. The number of alkyl halides is 3. The summed E-state index contributed by atoms with van der Waals surface area (Å²) in [5.74, 6) is -5.43. The Morgan fingerprint density at radius 3 is 2.50 bits per heavy atom. The minimum atomic E-state index is -4.66. The Morgan fingerprint density at radius 2 is 1.86 bits per heavy atom. The highest BCUT2D eigenvalue weighted by molar-refractivity contribution is 5.88. The largest absolute Gasteiger partial charge is 0.391 e. The maximum atomic E-state index is 13.7. The van der Waals surface area contributed by atoms with Crippen LogP contribution in [0.2, 0.25) is 0 Å². The third kappa shape index (κ3) is 5.85. The number of rotatable bonds is 5. The Labute approximate surface area is 156 Å². The predicted octanol–water partition coefficient (Wildman–Crippen LogP) is 2.03. The van der Waals surface area contributed by atoms with E-state index in [1.54, 1.807) is 0 Å². The van der Waals surface area contributed by atoms with Crippen LogP contribution in [0.25, 0.3) is 0 Å². The van der Waals surface area contributed by atoms with Crippen LogP contribution in [0, 0.1) is 17.5 Å². The fraction of sp³-hybridized carbons (Fsp3) is 0.529. The quantitative estimate of drug-likeness (QED) is 0.575. The summed E-state index contributed by atoms with van der Waals surface area (Å²) in [6.45, 7) is 0.0493. The van der Waals surface area contributed by atoms with Gasteiger partial charge < -0.3 is 16.0 Å². The Balaban J connectivity index is 2.10. The molecule has 0 spiro atoms. The minimum Gasteiger partial charge on any atom is -0.354 e. The second-order valence-electron chi connectivity index (χ2n) is 6.59. The van der Waals surface area contributed by atoms with Crippen molar-refractivity contribution in [2.24, 2.45) is 5.73 Å². The molecule has 0 aliphatic carbocycles. The first-order chi connectivity index (χ1) is 13.0. The van der Waals surface area contributed by atoms with Crippen LogP contribution in [-0.2, 0) is 16.0 Å². The van der Waals surface area contributed by atoms with Crippen LogP contribution in [0.4, 0.5) is 26.3 Å². The van der Waals surface area contributed by atoms with Gasteiger partial charge in [-0.2, -0.15) is 13.2 Å². The predicted molar refractivity (Wildman–Crippen MR) is 86.4 cm³/mol. The van der Waals surface area contributed by atoms with Crippen LogP contribution in [0.1, 0.15) is 24.8 Å². The Hall–Kier alpha value is -2.30. The topological polar surface area (TPSA) is 75.4 Å². The lowest BCUT2D eigenvalue weighted by atomic mass is 10.0. The van der Waals surface area contributed by atoms with Gasteiger partial charge in [0.05, 0.1) is 6.42 Å². The third-order valence-corrected chi connectivity index (χ3v) is 4.31. The molecule has 2 unspecified atom stereocenters. The Kier molecular flexibility index (Phi) is 6.91. The lowest BCUT2D eigenvalue weighted by Gasteiger charge is -2.30. The van der Waals surface area contributed by atoms with Gasteiger partial charge >= 0.3 is 6.18 Å². The van der Waals surface area contributed by atoms with Crippen LogP contribution in [-0.4, -0.2) is 48.1 Å². The highest BCUT2D eigenvalue weighted by Crippen LogP contribution is 2.26. The zero-order valence-electron chi connectivity index (χ0n) is 14.7. The van der Waals surface area contributed by atoms with E-state index in [1.165, 1.54) is 0 Å². The molecule has 1 aromatic rings. The molecule has 0 radical (unpaired) electrons. The molecular weight excluding hydrogens is 392 g/mol. The average molecular weight is 411 g/mol. The first-order valence-corrected chi connectivity index (χ1v) is 8.51. The number of benzene rings is 1. The summed E-state index contributed by atoms with van der Waals surface area (Å²) in [6, 6.07) is -1.83. The molecule has 1 saturated heterocycles.